The summed E-state index contributed by atoms with van der Waals surface area (Å²) in [6, 6.07) is 20.7. The van der Waals surface area contributed by atoms with Gasteiger partial charge >= 0.3 is 0 Å². The smallest absolute Gasteiger partial charge is 0.251 e. The Labute approximate surface area is 153 Å². The van der Waals surface area contributed by atoms with Gasteiger partial charge in [0, 0.05) is 23.5 Å². The van der Waals surface area contributed by atoms with Crippen molar-refractivity contribution in [1.29, 1.82) is 0 Å². The third kappa shape index (κ3) is 4.39. The molecule has 0 saturated heterocycles. The molecule has 2 N–H and O–H groups in total. The third-order valence-corrected chi connectivity index (χ3v) is 4.01. The average molecular weight is 347 g/mol. The normalized spacial score (nSPS) is 11.5. The summed E-state index contributed by atoms with van der Waals surface area (Å²) in [4.78, 5) is 16.8. The predicted octanol–water partition coefficient (Wildman–Crippen LogP) is 4.32. The van der Waals surface area contributed by atoms with Crippen LogP contribution in [0.3, 0.4) is 0 Å². The molecular formula is C21H21N3O2. The van der Waals surface area contributed by atoms with E-state index < -0.39 is 0 Å². The maximum atomic E-state index is 12.5. The summed E-state index contributed by atoms with van der Waals surface area (Å²) in [5.41, 5.74) is 2.45. The van der Waals surface area contributed by atoms with Crippen LogP contribution in [0.5, 0.6) is 5.75 Å². The van der Waals surface area contributed by atoms with Gasteiger partial charge in [-0.3, -0.25) is 4.79 Å². The van der Waals surface area contributed by atoms with Crippen LogP contribution >= 0.6 is 0 Å². The summed E-state index contributed by atoms with van der Waals surface area (Å²) >= 11 is 0. The number of benzene rings is 2. The fourth-order valence-electron chi connectivity index (χ4n) is 2.59. The molecule has 0 unspecified atom stereocenters. The minimum atomic E-state index is -0.141. The van der Waals surface area contributed by atoms with E-state index in [1.165, 1.54) is 0 Å². The number of ether oxygens (including phenoxy) is 1. The SMILES string of the molecule is COc1cccc(Nc2cc(C(=O)N[C@H](C)c3ccccc3)ccn2)c1. The number of pyridine rings is 1. The van der Waals surface area contributed by atoms with E-state index in [0.29, 0.717) is 11.4 Å². The second-order valence-corrected chi connectivity index (χ2v) is 5.89. The van der Waals surface area contributed by atoms with Gasteiger partial charge in [0.25, 0.3) is 5.91 Å². The second-order valence-electron chi connectivity index (χ2n) is 5.89. The largest absolute Gasteiger partial charge is 0.497 e. The molecule has 132 valence electrons. The highest BCUT2D eigenvalue weighted by atomic mass is 16.5. The highest BCUT2D eigenvalue weighted by molar-refractivity contribution is 5.95. The first-order valence-corrected chi connectivity index (χ1v) is 8.38. The Bertz CT molecular complexity index is 881. The van der Waals surface area contributed by atoms with E-state index in [9.17, 15) is 4.79 Å². The summed E-state index contributed by atoms with van der Waals surface area (Å²) in [5.74, 6) is 1.20. The molecule has 0 saturated carbocycles. The Morgan fingerprint density at radius 3 is 2.62 bits per heavy atom. The first-order valence-electron chi connectivity index (χ1n) is 8.38. The lowest BCUT2D eigenvalue weighted by molar-refractivity contribution is 0.0940. The molecule has 5 nitrogen and oxygen atoms in total. The van der Waals surface area contributed by atoms with Crippen LogP contribution in [0.25, 0.3) is 0 Å². The molecule has 1 atom stereocenters. The van der Waals surface area contributed by atoms with E-state index in [1.807, 2.05) is 61.5 Å². The van der Waals surface area contributed by atoms with Crippen molar-refractivity contribution in [3.63, 3.8) is 0 Å². The van der Waals surface area contributed by atoms with Gasteiger partial charge in [0.2, 0.25) is 0 Å². The van der Waals surface area contributed by atoms with Crippen molar-refractivity contribution < 1.29 is 9.53 Å². The number of carbonyl (C=O) groups is 1. The van der Waals surface area contributed by atoms with Crippen molar-refractivity contribution in [3.8, 4) is 5.75 Å². The molecule has 1 heterocycles. The van der Waals surface area contributed by atoms with Crippen LogP contribution in [0.1, 0.15) is 28.9 Å². The van der Waals surface area contributed by atoms with Gasteiger partial charge in [-0.25, -0.2) is 4.98 Å². The van der Waals surface area contributed by atoms with Gasteiger partial charge < -0.3 is 15.4 Å². The van der Waals surface area contributed by atoms with Gasteiger partial charge in [-0.1, -0.05) is 36.4 Å². The molecule has 1 amide bonds. The number of carbonyl (C=O) groups excluding carboxylic acids is 1. The molecule has 26 heavy (non-hydrogen) atoms. The molecule has 5 heteroatoms. The maximum absolute atomic E-state index is 12.5. The standard InChI is InChI=1S/C21H21N3O2/c1-15(16-7-4-3-5-8-16)23-21(25)17-11-12-22-20(13-17)24-18-9-6-10-19(14-18)26-2/h3-15H,1-2H3,(H,22,24)(H,23,25)/t15-/m1/s1. The van der Waals surface area contributed by atoms with E-state index in [2.05, 4.69) is 15.6 Å². The Balaban J connectivity index is 1.71. The molecule has 0 aliphatic heterocycles. The zero-order valence-electron chi connectivity index (χ0n) is 14.8. The Morgan fingerprint density at radius 2 is 1.85 bits per heavy atom. The zero-order chi connectivity index (χ0) is 18.4. The van der Waals surface area contributed by atoms with Crippen molar-refractivity contribution in [1.82, 2.24) is 10.3 Å². The van der Waals surface area contributed by atoms with Crippen LogP contribution < -0.4 is 15.4 Å². The first kappa shape index (κ1) is 17.5. The molecule has 0 aliphatic rings. The first-order chi connectivity index (χ1) is 12.7. The molecule has 0 aliphatic carbocycles. The van der Waals surface area contributed by atoms with E-state index in [4.69, 9.17) is 4.74 Å². The van der Waals surface area contributed by atoms with Gasteiger partial charge in [0.15, 0.2) is 0 Å². The number of hydrogen-bond donors (Lipinski definition) is 2. The number of anilines is 2. The zero-order valence-corrected chi connectivity index (χ0v) is 14.8. The molecule has 0 spiro atoms. The lowest BCUT2D eigenvalue weighted by atomic mass is 10.1. The molecule has 3 rings (SSSR count). The van der Waals surface area contributed by atoms with Crippen molar-refractivity contribution >= 4 is 17.4 Å². The molecule has 2 aromatic carbocycles. The number of methoxy groups -OCH3 is 1. The van der Waals surface area contributed by atoms with Gasteiger partial charge in [-0.2, -0.15) is 0 Å². The second kappa shape index (κ2) is 8.16. The number of aromatic nitrogens is 1. The van der Waals surface area contributed by atoms with Gasteiger partial charge in [-0.05, 0) is 36.8 Å². The van der Waals surface area contributed by atoms with Crippen LogP contribution in [0, 0.1) is 0 Å². The van der Waals surface area contributed by atoms with Gasteiger partial charge in [-0.15, -0.1) is 0 Å². The Morgan fingerprint density at radius 1 is 1.04 bits per heavy atom. The fraction of sp³-hybridized carbons (Fsp3) is 0.143. The van der Waals surface area contributed by atoms with E-state index >= 15 is 0 Å². The van der Waals surface area contributed by atoms with Crippen LogP contribution in [-0.2, 0) is 0 Å². The molecular weight excluding hydrogens is 326 g/mol. The highest BCUT2D eigenvalue weighted by Crippen LogP contribution is 2.21. The lowest BCUT2D eigenvalue weighted by Crippen LogP contribution is -2.26. The summed E-state index contributed by atoms with van der Waals surface area (Å²) in [7, 11) is 1.62. The summed E-state index contributed by atoms with van der Waals surface area (Å²) in [5, 5.41) is 6.20. The summed E-state index contributed by atoms with van der Waals surface area (Å²) < 4.78 is 5.22. The Kier molecular flexibility index (Phi) is 5.49. The van der Waals surface area contributed by atoms with E-state index in [-0.39, 0.29) is 11.9 Å². The van der Waals surface area contributed by atoms with Crippen molar-refractivity contribution in [3.05, 3.63) is 84.1 Å². The minimum Gasteiger partial charge on any atom is -0.497 e. The number of nitrogens with zero attached hydrogens (tertiary/aromatic N) is 1. The Hall–Kier alpha value is -3.34. The average Bonchev–Trinajstić information content (AvgIpc) is 2.69. The number of hydrogen-bond acceptors (Lipinski definition) is 4. The number of rotatable bonds is 6. The maximum Gasteiger partial charge on any atom is 0.251 e. The minimum absolute atomic E-state index is 0.0772. The molecule has 0 bridgehead atoms. The van der Waals surface area contributed by atoms with Crippen molar-refractivity contribution in [2.75, 3.05) is 12.4 Å². The third-order valence-electron chi connectivity index (χ3n) is 4.01. The van der Waals surface area contributed by atoms with Crippen molar-refractivity contribution in [2.24, 2.45) is 0 Å². The summed E-state index contributed by atoms with van der Waals surface area (Å²) in [6.07, 6.45) is 1.62. The fourth-order valence-corrected chi connectivity index (χ4v) is 2.59. The number of nitrogens with one attached hydrogen (secondary N) is 2. The lowest BCUT2D eigenvalue weighted by Gasteiger charge is -2.15. The van der Waals surface area contributed by atoms with Crippen LogP contribution in [0.4, 0.5) is 11.5 Å². The van der Waals surface area contributed by atoms with Crippen LogP contribution in [0.15, 0.2) is 72.9 Å². The molecule has 1 aromatic heterocycles. The quantitative estimate of drug-likeness (QED) is 0.697. The van der Waals surface area contributed by atoms with Crippen molar-refractivity contribution in [2.45, 2.75) is 13.0 Å². The molecule has 0 fully saturated rings. The molecule has 3 aromatic rings. The van der Waals surface area contributed by atoms with Gasteiger partial charge in [0.05, 0.1) is 13.2 Å². The highest BCUT2D eigenvalue weighted by Gasteiger charge is 2.12. The monoisotopic (exact) mass is 347 g/mol. The van der Waals surface area contributed by atoms with E-state index in [0.717, 1.165) is 17.0 Å². The van der Waals surface area contributed by atoms with E-state index in [1.54, 1.807) is 25.4 Å². The summed E-state index contributed by atoms with van der Waals surface area (Å²) in [6.45, 7) is 1.96. The van der Waals surface area contributed by atoms with Gasteiger partial charge in [0.1, 0.15) is 11.6 Å². The number of amides is 1. The topological polar surface area (TPSA) is 63.2 Å². The predicted molar refractivity (Wildman–Crippen MR) is 103 cm³/mol. The van der Waals surface area contributed by atoms with Crippen LogP contribution in [-0.4, -0.2) is 18.0 Å². The van der Waals surface area contributed by atoms with Crippen LogP contribution in [0.2, 0.25) is 0 Å². The molecule has 0 radical (unpaired) electrons.